The average molecular weight is 396 g/mol. The lowest BCUT2D eigenvalue weighted by Gasteiger charge is -2.33. The molecule has 3 heterocycles. The Hall–Kier alpha value is -2.96. The SMILES string of the molecule is CC(=O)NC[C@@H]1CCCN(c2ccc(C(=O)NCCCc3ccccn3)cn2)C1. The number of hydrogen-bond donors (Lipinski definition) is 2. The van der Waals surface area contributed by atoms with E-state index in [2.05, 4.69) is 25.5 Å². The Balaban J connectivity index is 1.45. The minimum absolute atomic E-state index is 0.00986. The normalized spacial score (nSPS) is 16.3. The molecule has 1 saturated heterocycles. The maximum atomic E-state index is 12.3. The third-order valence-corrected chi connectivity index (χ3v) is 5.11. The van der Waals surface area contributed by atoms with E-state index in [0.29, 0.717) is 24.6 Å². The summed E-state index contributed by atoms with van der Waals surface area (Å²) in [4.78, 5) is 34.5. The zero-order valence-corrected chi connectivity index (χ0v) is 16.9. The summed E-state index contributed by atoms with van der Waals surface area (Å²) in [6.07, 6.45) is 7.29. The van der Waals surface area contributed by atoms with Gasteiger partial charge in [0.15, 0.2) is 0 Å². The molecular weight excluding hydrogens is 366 g/mol. The third kappa shape index (κ3) is 6.55. The lowest BCUT2D eigenvalue weighted by molar-refractivity contribution is -0.119. The summed E-state index contributed by atoms with van der Waals surface area (Å²) in [7, 11) is 0. The molecule has 2 N–H and O–H groups in total. The predicted molar refractivity (Wildman–Crippen MR) is 113 cm³/mol. The van der Waals surface area contributed by atoms with Gasteiger partial charge >= 0.3 is 0 Å². The van der Waals surface area contributed by atoms with E-state index in [-0.39, 0.29) is 11.8 Å². The molecule has 3 rings (SSSR count). The molecule has 0 aromatic carbocycles. The lowest BCUT2D eigenvalue weighted by Crippen LogP contribution is -2.41. The van der Waals surface area contributed by atoms with Gasteiger partial charge in [-0.25, -0.2) is 4.98 Å². The first-order valence-corrected chi connectivity index (χ1v) is 10.3. The van der Waals surface area contributed by atoms with Gasteiger partial charge in [0.1, 0.15) is 5.82 Å². The number of aromatic nitrogens is 2. The second-order valence-electron chi connectivity index (χ2n) is 7.48. The van der Waals surface area contributed by atoms with Crippen LogP contribution >= 0.6 is 0 Å². The van der Waals surface area contributed by atoms with Crippen molar-refractivity contribution >= 4 is 17.6 Å². The Morgan fingerprint density at radius 1 is 1.17 bits per heavy atom. The maximum Gasteiger partial charge on any atom is 0.252 e. The number of hydrogen-bond acceptors (Lipinski definition) is 5. The monoisotopic (exact) mass is 395 g/mol. The topological polar surface area (TPSA) is 87.2 Å². The van der Waals surface area contributed by atoms with E-state index in [0.717, 1.165) is 50.3 Å². The fourth-order valence-electron chi connectivity index (χ4n) is 3.55. The van der Waals surface area contributed by atoms with Crippen molar-refractivity contribution in [2.24, 2.45) is 5.92 Å². The van der Waals surface area contributed by atoms with E-state index in [1.165, 1.54) is 0 Å². The number of carbonyl (C=O) groups is 2. The second-order valence-corrected chi connectivity index (χ2v) is 7.48. The summed E-state index contributed by atoms with van der Waals surface area (Å²) in [5.41, 5.74) is 1.60. The van der Waals surface area contributed by atoms with Crippen molar-refractivity contribution in [3.8, 4) is 0 Å². The molecular formula is C22H29N5O2. The Morgan fingerprint density at radius 2 is 2.07 bits per heavy atom. The van der Waals surface area contributed by atoms with Crippen molar-refractivity contribution in [2.45, 2.75) is 32.6 Å². The molecule has 7 heteroatoms. The van der Waals surface area contributed by atoms with Gasteiger partial charge in [0, 0.05) is 51.2 Å². The van der Waals surface area contributed by atoms with E-state index in [4.69, 9.17) is 0 Å². The van der Waals surface area contributed by atoms with Crippen LogP contribution in [0.15, 0.2) is 42.7 Å². The number of nitrogens with one attached hydrogen (secondary N) is 2. The highest BCUT2D eigenvalue weighted by Crippen LogP contribution is 2.21. The minimum atomic E-state index is -0.104. The van der Waals surface area contributed by atoms with E-state index in [1.54, 1.807) is 19.3 Å². The van der Waals surface area contributed by atoms with Crippen molar-refractivity contribution in [3.63, 3.8) is 0 Å². The highest BCUT2D eigenvalue weighted by molar-refractivity contribution is 5.94. The molecule has 1 aliphatic rings. The molecule has 0 aliphatic carbocycles. The quantitative estimate of drug-likeness (QED) is 0.669. The molecule has 0 radical (unpaired) electrons. The highest BCUT2D eigenvalue weighted by atomic mass is 16.2. The number of piperidine rings is 1. The van der Waals surface area contributed by atoms with Crippen molar-refractivity contribution in [1.29, 1.82) is 0 Å². The van der Waals surface area contributed by atoms with E-state index in [9.17, 15) is 9.59 Å². The Bertz CT molecular complexity index is 795. The van der Waals surface area contributed by atoms with Crippen LogP contribution in [-0.4, -0.2) is 48.0 Å². The van der Waals surface area contributed by atoms with E-state index >= 15 is 0 Å². The summed E-state index contributed by atoms with van der Waals surface area (Å²) < 4.78 is 0. The van der Waals surface area contributed by atoms with Crippen LogP contribution in [0.5, 0.6) is 0 Å². The van der Waals surface area contributed by atoms with Gasteiger partial charge in [-0.1, -0.05) is 6.07 Å². The Labute approximate surface area is 171 Å². The molecule has 0 bridgehead atoms. The zero-order chi connectivity index (χ0) is 20.5. The third-order valence-electron chi connectivity index (χ3n) is 5.11. The van der Waals surface area contributed by atoms with Crippen LogP contribution in [-0.2, 0) is 11.2 Å². The zero-order valence-electron chi connectivity index (χ0n) is 16.9. The molecule has 0 saturated carbocycles. The van der Waals surface area contributed by atoms with Crippen molar-refractivity contribution in [3.05, 3.63) is 54.0 Å². The molecule has 29 heavy (non-hydrogen) atoms. The summed E-state index contributed by atoms with van der Waals surface area (Å²) in [5.74, 6) is 1.21. The highest BCUT2D eigenvalue weighted by Gasteiger charge is 2.21. The first-order chi connectivity index (χ1) is 14.1. The number of anilines is 1. The maximum absolute atomic E-state index is 12.3. The number of aryl methyl sites for hydroxylation is 1. The number of pyridine rings is 2. The van der Waals surface area contributed by atoms with Crippen LogP contribution in [0.3, 0.4) is 0 Å². The minimum Gasteiger partial charge on any atom is -0.356 e. The van der Waals surface area contributed by atoms with Crippen molar-refractivity contribution in [2.75, 3.05) is 31.1 Å². The van der Waals surface area contributed by atoms with Crippen LogP contribution in [0.25, 0.3) is 0 Å². The van der Waals surface area contributed by atoms with Gasteiger partial charge in [0.25, 0.3) is 5.91 Å². The first-order valence-electron chi connectivity index (χ1n) is 10.3. The molecule has 1 fully saturated rings. The van der Waals surface area contributed by atoms with E-state index < -0.39 is 0 Å². The Morgan fingerprint density at radius 3 is 2.79 bits per heavy atom. The van der Waals surface area contributed by atoms with Crippen LogP contribution in [0.4, 0.5) is 5.82 Å². The summed E-state index contributed by atoms with van der Waals surface area (Å²) in [6, 6.07) is 9.59. The average Bonchev–Trinajstić information content (AvgIpc) is 2.76. The standard InChI is InChI=1S/C22H29N5O2/c1-17(28)25-14-18-6-5-13-27(16-18)21-10-9-19(15-26-21)22(29)24-12-4-8-20-7-2-3-11-23-20/h2-3,7,9-11,15,18H,4-6,8,12-14,16H2,1H3,(H,24,29)(H,25,28)/t18-/m0/s1. The number of carbonyl (C=O) groups excluding carboxylic acids is 2. The summed E-state index contributed by atoms with van der Waals surface area (Å²) >= 11 is 0. The molecule has 2 aromatic heterocycles. The molecule has 0 unspecified atom stereocenters. The smallest absolute Gasteiger partial charge is 0.252 e. The molecule has 2 amide bonds. The van der Waals surface area contributed by atoms with Crippen LogP contribution in [0.1, 0.15) is 42.2 Å². The molecule has 1 aliphatic heterocycles. The van der Waals surface area contributed by atoms with Crippen LogP contribution in [0, 0.1) is 5.92 Å². The van der Waals surface area contributed by atoms with Gasteiger partial charge in [-0.2, -0.15) is 0 Å². The predicted octanol–water partition coefficient (Wildman–Crippen LogP) is 2.19. The van der Waals surface area contributed by atoms with Gasteiger partial charge < -0.3 is 15.5 Å². The Kier molecular flexibility index (Phi) is 7.55. The molecule has 7 nitrogen and oxygen atoms in total. The van der Waals surface area contributed by atoms with Gasteiger partial charge in [0.2, 0.25) is 5.91 Å². The number of rotatable bonds is 8. The van der Waals surface area contributed by atoms with Gasteiger partial charge in [-0.3, -0.25) is 14.6 Å². The van der Waals surface area contributed by atoms with Crippen molar-refractivity contribution < 1.29 is 9.59 Å². The number of nitrogens with zero attached hydrogens (tertiary/aromatic N) is 3. The van der Waals surface area contributed by atoms with Gasteiger partial charge in [-0.05, 0) is 55.9 Å². The second kappa shape index (κ2) is 10.5. The van der Waals surface area contributed by atoms with Crippen molar-refractivity contribution in [1.82, 2.24) is 20.6 Å². The van der Waals surface area contributed by atoms with Gasteiger partial charge in [-0.15, -0.1) is 0 Å². The van der Waals surface area contributed by atoms with Gasteiger partial charge in [0.05, 0.1) is 5.56 Å². The molecule has 2 aromatic rings. The van der Waals surface area contributed by atoms with Crippen LogP contribution in [0.2, 0.25) is 0 Å². The van der Waals surface area contributed by atoms with E-state index in [1.807, 2.05) is 30.3 Å². The van der Waals surface area contributed by atoms with Crippen LogP contribution < -0.4 is 15.5 Å². The number of amides is 2. The largest absolute Gasteiger partial charge is 0.356 e. The fourth-order valence-corrected chi connectivity index (χ4v) is 3.55. The molecule has 154 valence electrons. The lowest BCUT2D eigenvalue weighted by atomic mass is 9.98. The molecule has 0 spiro atoms. The first kappa shape index (κ1) is 20.8. The fraction of sp³-hybridized carbons (Fsp3) is 0.455. The summed E-state index contributed by atoms with van der Waals surface area (Å²) in [5, 5.41) is 5.85. The molecule has 1 atom stereocenters. The summed E-state index contributed by atoms with van der Waals surface area (Å²) in [6.45, 7) is 4.67.